The van der Waals surface area contributed by atoms with E-state index >= 15 is 0 Å². The van der Waals surface area contributed by atoms with E-state index in [1.165, 1.54) is 32.7 Å². The van der Waals surface area contributed by atoms with Crippen LogP contribution in [0.5, 0.6) is 5.75 Å². The van der Waals surface area contributed by atoms with Crippen LogP contribution >= 0.6 is 0 Å². The van der Waals surface area contributed by atoms with Crippen molar-refractivity contribution in [1.82, 2.24) is 0 Å². The van der Waals surface area contributed by atoms with E-state index in [-0.39, 0.29) is 12.4 Å². The molecule has 0 aliphatic rings. The van der Waals surface area contributed by atoms with Crippen molar-refractivity contribution < 1.29 is 10.2 Å². The first kappa shape index (κ1) is 17.5. The summed E-state index contributed by atoms with van der Waals surface area (Å²) in [4.78, 5) is 0. The third-order valence-electron chi connectivity index (χ3n) is 5.51. The molecule has 29 heavy (non-hydrogen) atoms. The Balaban J connectivity index is 1.92. The first-order valence-electron chi connectivity index (χ1n) is 9.69. The summed E-state index contributed by atoms with van der Waals surface area (Å²) in [6.45, 7) is 0.0432. The summed E-state index contributed by atoms with van der Waals surface area (Å²) in [5.41, 5.74) is 5.49. The van der Waals surface area contributed by atoms with Gasteiger partial charge < -0.3 is 10.2 Å². The van der Waals surface area contributed by atoms with Gasteiger partial charge in [0.05, 0.1) is 6.61 Å². The monoisotopic (exact) mass is 376 g/mol. The van der Waals surface area contributed by atoms with Gasteiger partial charge in [0.25, 0.3) is 0 Å². The second-order valence-corrected chi connectivity index (χ2v) is 7.24. The molecule has 0 saturated carbocycles. The van der Waals surface area contributed by atoms with Crippen molar-refractivity contribution >= 4 is 21.5 Å². The quantitative estimate of drug-likeness (QED) is 0.352. The third kappa shape index (κ3) is 2.95. The summed E-state index contributed by atoms with van der Waals surface area (Å²) in [5, 5.41) is 23.9. The highest BCUT2D eigenvalue weighted by atomic mass is 16.3. The third-order valence-corrected chi connectivity index (χ3v) is 5.51. The molecule has 2 nitrogen and oxygen atoms in total. The molecule has 2 heteroatoms. The van der Waals surface area contributed by atoms with Crippen LogP contribution in [-0.4, -0.2) is 10.2 Å². The molecular weight excluding hydrogens is 356 g/mol. The van der Waals surface area contributed by atoms with Gasteiger partial charge in [-0.15, -0.1) is 0 Å². The van der Waals surface area contributed by atoms with Gasteiger partial charge in [-0.05, 0) is 61.5 Å². The van der Waals surface area contributed by atoms with Crippen LogP contribution < -0.4 is 0 Å². The van der Waals surface area contributed by atoms with E-state index in [0.717, 1.165) is 16.7 Å². The first-order valence-corrected chi connectivity index (χ1v) is 9.69. The number of hydrogen-bond donors (Lipinski definition) is 2. The van der Waals surface area contributed by atoms with Crippen LogP contribution in [-0.2, 0) is 6.61 Å². The zero-order chi connectivity index (χ0) is 19.8. The molecular formula is C27H20O2. The van der Waals surface area contributed by atoms with Gasteiger partial charge in [-0.1, -0.05) is 84.9 Å². The lowest BCUT2D eigenvalue weighted by molar-refractivity contribution is 0.282. The molecule has 140 valence electrons. The van der Waals surface area contributed by atoms with E-state index in [0.29, 0.717) is 0 Å². The lowest BCUT2D eigenvalue weighted by Gasteiger charge is -2.17. The molecule has 0 amide bonds. The van der Waals surface area contributed by atoms with Crippen molar-refractivity contribution in [2.24, 2.45) is 0 Å². The van der Waals surface area contributed by atoms with Crippen LogP contribution in [0.25, 0.3) is 43.8 Å². The lowest BCUT2D eigenvalue weighted by atomic mass is 9.86. The summed E-state index contributed by atoms with van der Waals surface area (Å²) in [6.07, 6.45) is 0. The number of aliphatic hydroxyl groups is 1. The Hall–Kier alpha value is -3.62. The minimum atomic E-state index is 0.0432. The fourth-order valence-electron chi connectivity index (χ4n) is 4.16. The van der Waals surface area contributed by atoms with Crippen LogP contribution in [0.1, 0.15) is 5.56 Å². The molecule has 0 unspecified atom stereocenters. The second-order valence-electron chi connectivity index (χ2n) is 7.24. The number of fused-ring (bicyclic) bond motifs is 2. The van der Waals surface area contributed by atoms with E-state index in [4.69, 9.17) is 0 Å². The fraction of sp³-hybridized carbons (Fsp3) is 0.0370. The van der Waals surface area contributed by atoms with Gasteiger partial charge in [0.15, 0.2) is 0 Å². The van der Waals surface area contributed by atoms with Gasteiger partial charge in [-0.2, -0.15) is 0 Å². The molecule has 0 aliphatic carbocycles. The highest BCUT2D eigenvalue weighted by molar-refractivity contribution is 6.21. The maximum absolute atomic E-state index is 9.75. The molecule has 5 aromatic carbocycles. The van der Waals surface area contributed by atoms with Crippen LogP contribution in [0.15, 0.2) is 97.1 Å². The Morgan fingerprint density at radius 2 is 0.862 bits per heavy atom. The zero-order valence-electron chi connectivity index (χ0n) is 15.8. The Labute approximate surface area is 169 Å². The largest absolute Gasteiger partial charge is 0.508 e. The van der Waals surface area contributed by atoms with E-state index in [1.54, 1.807) is 12.1 Å². The van der Waals surface area contributed by atoms with Gasteiger partial charge in [0.2, 0.25) is 0 Å². The Bertz CT molecular complexity index is 1260. The van der Waals surface area contributed by atoms with Crippen molar-refractivity contribution in [3.63, 3.8) is 0 Å². The van der Waals surface area contributed by atoms with Crippen molar-refractivity contribution in [3.8, 4) is 28.0 Å². The van der Waals surface area contributed by atoms with Gasteiger partial charge in [0.1, 0.15) is 5.75 Å². The SMILES string of the molecule is OCc1ccc(-c2c3ccccc3c(-c3ccc(O)cc3)c3ccccc23)cc1. The predicted molar refractivity (Wildman–Crippen MR) is 120 cm³/mol. The minimum absolute atomic E-state index is 0.0432. The van der Waals surface area contributed by atoms with Gasteiger partial charge in [0, 0.05) is 0 Å². The highest BCUT2D eigenvalue weighted by Gasteiger charge is 2.16. The van der Waals surface area contributed by atoms with Crippen LogP contribution in [0.2, 0.25) is 0 Å². The molecule has 2 N–H and O–H groups in total. The number of aliphatic hydroxyl groups excluding tert-OH is 1. The molecule has 0 atom stereocenters. The maximum Gasteiger partial charge on any atom is 0.115 e. The van der Waals surface area contributed by atoms with Crippen LogP contribution in [0.4, 0.5) is 0 Å². The average Bonchev–Trinajstić information content (AvgIpc) is 2.78. The van der Waals surface area contributed by atoms with Crippen LogP contribution in [0.3, 0.4) is 0 Å². The number of aromatic hydroxyl groups is 1. The molecule has 0 aliphatic heterocycles. The molecule has 0 radical (unpaired) electrons. The van der Waals surface area contributed by atoms with Crippen LogP contribution in [0, 0.1) is 0 Å². The standard InChI is InChI=1S/C27H20O2/c28-17-18-9-11-19(12-10-18)26-22-5-1-3-7-24(22)27(20-13-15-21(29)16-14-20)25-8-4-2-6-23(25)26/h1-16,28-29H,17H2. The van der Waals surface area contributed by atoms with E-state index in [9.17, 15) is 10.2 Å². The fourth-order valence-corrected chi connectivity index (χ4v) is 4.16. The molecule has 5 aromatic rings. The molecule has 0 aromatic heterocycles. The molecule has 0 saturated heterocycles. The van der Waals surface area contributed by atoms with Gasteiger partial charge >= 0.3 is 0 Å². The summed E-state index contributed by atoms with van der Waals surface area (Å²) >= 11 is 0. The van der Waals surface area contributed by atoms with Gasteiger partial charge in [-0.3, -0.25) is 0 Å². The minimum Gasteiger partial charge on any atom is -0.508 e. The summed E-state index contributed by atoms with van der Waals surface area (Å²) in [6, 6.07) is 32.5. The molecule has 5 rings (SSSR count). The lowest BCUT2D eigenvalue weighted by Crippen LogP contribution is -1.91. The molecule has 0 bridgehead atoms. The Kier molecular flexibility index (Phi) is 4.27. The number of rotatable bonds is 3. The van der Waals surface area contributed by atoms with Crippen molar-refractivity contribution in [1.29, 1.82) is 0 Å². The van der Waals surface area contributed by atoms with E-state index in [1.807, 2.05) is 24.3 Å². The summed E-state index contributed by atoms with van der Waals surface area (Å²) in [7, 11) is 0. The van der Waals surface area contributed by atoms with Crippen molar-refractivity contribution in [3.05, 3.63) is 103 Å². The smallest absolute Gasteiger partial charge is 0.115 e. The van der Waals surface area contributed by atoms with Crippen molar-refractivity contribution in [2.75, 3.05) is 0 Å². The second kappa shape index (κ2) is 7.08. The number of phenols is 1. The summed E-state index contributed by atoms with van der Waals surface area (Å²) < 4.78 is 0. The Morgan fingerprint density at radius 1 is 0.483 bits per heavy atom. The first-order chi connectivity index (χ1) is 14.3. The molecule has 0 heterocycles. The van der Waals surface area contributed by atoms with E-state index < -0.39 is 0 Å². The number of benzene rings is 5. The zero-order valence-corrected chi connectivity index (χ0v) is 15.8. The highest BCUT2D eigenvalue weighted by Crippen LogP contribution is 2.43. The molecule has 0 spiro atoms. The number of hydrogen-bond acceptors (Lipinski definition) is 2. The van der Waals surface area contributed by atoms with E-state index in [2.05, 4.69) is 60.7 Å². The predicted octanol–water partition coefficient (Wildman–Crippen LogP) is 6.52. The summed E-state index contributed by atoms with van der Waals surface area (Å²) in [5.74, 6) is 0.267. The molecule has 0 fully saturated rings. The number of phenolic OH excluding ortho intramolecular Hbond substituents is 1. The average molecular weight is 376 g/mol. The normalized spacial score (nSPS) is 11.2. The topological polar surface area (TPSA) is 40.5 Å². The maximum atomic E-state index is 9.75. The van der Waals surface area contributed by atoms with Gasteiger partial charge in [-0.25, -0.2) is 0 Å². The van der Waals surface area contributed by atoms with Crippen molar-refractivity contribution in [2.45, 2.75) is 6.61 Å². The Morgan fingerprint density at radius 3 is 1.24 bits per heavy atom.